The Morgan fingerprint density at radius 3 is 2.21 bits per heavy atom. The number of thioether (sulfide) groups is 1. The number of hydrogen-bond donors (Lipinski definition) is 0. The fourth-order valence-electron chi connectivity index (χ4n) is 4.36. The van der Waals surface area contributed by atoms with Crippen molar-refractivity contribution >= 4 is 29.0 Å². The average molecular weight is 498 g/mol. The van der Waals surface area contributed by atoms with Gasteiger partial charge in [0.1, 0.15) is 5.82 Å². The molecule has 2 aromatic carbocycles. The van der Waals surface area contributed by atoms with Crippen LogP contribution in [0.3, 0.4) is 0 Å². The number of hydrogen-bond acceptors (Lipinski definition) is 5. The molecular weight excluding hydrogens is 470 g/mol. The predicted octanol–water partition coefficient (Wildman–Crippen LogP) is 4.45. The predicted molar refractivity (Wildman–Crippen MR) is 126 cm³/mol. The van der Waals surface area contributed by atoms with E-state index in [9.17, 15) is 22.4 Å². The second-order valence-electron chi connectivity index (χ2n) is 8.34. The molecule has 184 valence electrons. The summed E-state index contributed by atoms with van der Waals surface area (Å²) in [7, 11) is 0. The van der Waals surface area contributed by atoms with Crippen LogP contribution in [0.1, 0.15) is 15.9 Å². The molecule has 2 fully saturated rings. The summed E-state index contributed by atoms with van der Waals surface area (Å²) in [5.41, 5.74) is 1.69. The van der Waals surface area contributed by atoms with Gasteiger partial charge in [0.2, 0.25) is 0 Å². The molecule has 0 radical (unpaired) electrons. The Labute approximate surface area is 200 Å². The van der Waals surface area contributed by atoms with Crippen LogP contribution in [-0.4, -0.2) is 75.7 Å². The third-order valence-electron chi connectivity index (χ3n) is 6.11. The summed E-state index contributed by atoms with van der Waals surface area (Å²) < 4.78 is 57.8. The van der Waals surface area contributed by atoms with Crippen LogP contribution >= 0.6 is 11.8 Å². The van der Waals surface area contributed by atoms with Gasteiger partial charge in [0.25, 0.3) is 5.91 Å². The first-order valence-electron chi connectivity index (χ1n) is 11.2. The van der Waals surface area contributed by atoms with Crippen LogP contribution in [0, 0.1) is 5.82 Å². The lowest BCUT2D eigenvalue weighted by Crippen LogP contribution is -2.49. The minimum atomic E-state index is -4.38. The van der Waals surface area contributed by atoms with Gasteiger partial charge in [-0.1, -0.05) is 6.07 Å². The largest absolute Gasteiger partial charge is 0.393 e. The summed E-state index contributed by atoms with van der Waals surface area (Å²) in [6, 6.07) is 9.57. The molecule has 4 rings (SSSR count). The van der Waals surface area contributed by atoms with E-state index in [-0.39, 0.29) is 17.2 Å². The van der Waals surface area contributed by atoms with Gasteiger partial charge in [0, 0.05) is 49.9 Å². The molecule has 0 spiro atoms. The molecule has 0 saturated carbocycles. The van der Waals surface area contributed by atoms with Crippen molar-refractivity contribution in [2.24, 2.45) is 0 Å². The number of anilines is 2. The van der Waals surface area contributed by atoms with Crippen molar-refractivity contribution in [2.45, 2.75) is 17.5 Å². The molecule has 0 atom stereocenters. The number of carbonyl (C=O) groups is 1. The summed E-state index contributed by atoms with van der Waals surface area (Å²) in [6.07, 6.45) is -3.58. The zero-order chi connectivity index (χ0) is 24.3. The van der Waals surface area contributed by atoms with Gasteiger partial charge < -0.3 is 19.4 Å². The maximum absolute atomic E-state index is 14.6. The van der Waals surface area contributed by atoms with E-state index in [1.807, 2.05) is 24.5 Å². The molecule has 10 heteroatoms. The highest BCUT2D eigenvalue weighted by Gasteiger charge is 2.30. The standard InChI is InChI=1S/C24H27F4N3O2S/c1-34-18-3-5-21(30-10-12-33-13-11-30)19(15-18)23(32)31-8-6-29(7-9-31)22-4-2-17(14-20(22)25)16-24(26,27)28/h2-5,14-15H,6-13,16H2,1H3. The Bertz CT molecular complexity index is 1020. The van der Waals surface area contributed by atoms with Gasteiger partial charge in [0.15, 0.2) is 0 Å². The van der Waals surface area contributed by atoms with E-state index < -0.39 is 18.4 Å². The normalized spacial score (nSPS) is 17.3. The quantitative estimate of drug-likeness (QED) is 0.451. The van der Waals surface area contributed by atoms with Crippen molar-refractivity contribution in [3.8, 4) is 0 Å². The molecule has 0 aromatic heterocycles. The number of carbonyl (C=O) groups excluding carboxylic acids is 1. The molecule has 0 N–H and O–H groups in total. The van der Waals surface area contributed by atoms with Crippen LogP contribution in [0.5, 0.6) is 0 Å². The summed E-state index contributed by atoms with van der Waals surface area (Å²) in [4.78, 5) is 20.2. The zero-order valence-electron chi connectivity index (χ0n) is 18.9. The van der Waals surface area contributed by atoms with E-state index in [1.165, 1.54) is 12.1 Å². The first-order valence-corrected chi connectivity index (χ1v) is 12.4. The van der Waals surface area contributed by atoms with Crippen molar-refractivity contribution < 1.29 is 27.1 Å². The Hall–Kier alpha value is -2.46. The molecule has 34 heavy (non-hydrogen) atoms. The first-order chi connectivity index (χ1) is 16.2. The fraction of sp³-hybridized carbons (Fsp3) is 0.458. The number of halogens is 4. The summed E-state index contributed by atoms with van der Waals surface area (Å²) in [5, 5.41) is 0. The molecule has 2 aliphatic heterocycles. The van der Waals surface area contributed by atoms with Crippen molar-refractivity contribution in [2.75, 3.05) is 68.5 Å². The van der Waals surface area contributed by atoms with Gasteiger partial charge in [-0.3, -0.25) is 4.79 Å². The molecule has 1 amide bonds. The van der Waals surface area contributed by atoms with Gasteiger partial charge in [0.05, 0.1) is 30.9 Å². The average Bonchev–Trinajstić information content (AvgIpc) is 2.83. The van der Waals surface area contributed by atoms with Crippen LogP contribution in [0.4, 0.5) is 28.9 Å². The molecule has 2 aromatic rings. The number of benzene rings is 2. The minimum Gasteiger partial charge on any atom is -0.378 e. The Balaban J connectivity index is 1.46. The molecule has 0 bridgehead atoms. The van der Waals surface area contributed by atoms with Gasteiger partial charge in [-0.25, -0.2) is 4.39 Å². The number of piperazine rings is 1. The van der Waals surface area contributed by atoms with Gasteiger partial charge in [-0.05, 0) is 42.2 Å². The van der Waals surface area contributed by atoms with Crippen LogP contribution in [0.25, 0.3) is 0 Å². The third-order valence-corrected chi connectivity index (χ3v) is 6.84. The molecule has 2 aliphatic rings. The van der Waals surface area contributed by atoms with Crippen LogP contribution in [0.2, 0.25) is 0 Å². The molecule has 5 nitrogen and oxygen atoms in total. The molecule has 0 aliphatic carbocycles. The van der Waals surface area contributed by atoms with E-state index in [4.69, 9.17) is 4.74 Å². The number of ether oxygens (including phenoxy) is 1. The van der Waals surface area contributed by atoms with E-state index in [1.54, 1.807) is 21.6 Å². The van der Waals surface area contributed by atoms with Crippen molar-refractivity contribution in [1.29, 1.82) is 0 Å². The van der Waals surface area contributed by atoms with Crippen molar-refractivity contribution in [1.82, 2.24) is 4.90 Å². The van der Waals surface area contributed by atoms with Gasteiger partial charge >= 0.3 is 6.18 Å². The molecular formula is C24H27F4N3O2S. The number of amides is 1. The van der Waals surface area contributed by atoms with Gasteiger partial charge in [-0.2, -0.15) is 13.2 Å². The van der Waals surface area contributed by atoms with E-state index in [0.29, 0.717) is 45.0 Å². The summed E-state index contributed by atoms with van der Waals surface area (Å²) >= 11 is 1.57. The van der Waals surface area contributed by atoms with Crippen molar-refractivity contribution in [3.05, 3.63) is 53.3 Å². The van der Waals surface area contributed by atoms with E-state index >= 15 is 0 Å². The maximum Gasteiger partial charge on any atom is 0.393 e. The fourth-order valence-corrected chi connectivity index (χ4v) is 4.80. The van der Waals surface area contributed by atoms with Gasteiger partial charge in [-0.15, -0.1) is 11.8 Å². The number of morpholine rings is 1. The molecule has 0 unspecified atom stereocenters. The lowest BCUT2D eigenvalue weighted by atomic mass is 10.1. The third kappa shape index (κ3) is 5.78. The smallest absolute Gasteiger partial charge is 0.378 e. The SMILES string of the molecule is CSc1ccc(N2CCOCC2)c(C(=O)N2CCN(c3ccc(CC(F)(F)F)cc3F)CC2)c1. The van der Waals surface area contributed by atoms with Crippen LogP contribution < -0.4 is 9.80 Å². The van der Waals surface area contributed by atoms with Crippen LogP contribution in [0.15, 0.2) is 41.3 Å². The number of rotatable bonds is 5. The highest BCUT2D eigenvalue weighted by molar-refractivity contribution is 7.98. The lowest BCUT2D eigenvalue weighted by molar-refractivity contribution is -0.127. The zero-order valence-corrected chi connectivity index (χ0v) is 19.7. The highest BCUT2D eigenvalue weighted by atomic mass is 32.2. The number of alkyl halides is 3. The molecule has 2 heterocycles. The van der Waals surface area contributed by atoms with Crippen molar-refractivity contribution in [3.63, 3.8) is 0 Å². The Morgan fingerprint density at radius 1 is 0.941 bits per heavy atom. The second-order valence-corrected chi connectivity index (χ2v) is 9.22. The topological polar surface area (TPSA) is 36.0 Å². The second kappa shape index (κ2) is 10.4. The summed E-state index contributed by atoms with van der Waals surface area (Å²) in [6.45, 7) is 4.26. The first kappa shape index (κ1) is 24.7. The summed E-state index contributed by atoms with van der Waals surface area (Å²) in [5.74, 6) is -0.748. The van der Waals surface area contributed by atoms with E-state index in [0.717, 1.165) is 29.7 Å². The highest BCUT2D eigenvalue weighted by Crippen LogP contribution is 2.30. The Kier molecular flexibility index (Phi) is 7.57. The Morgan fingerprint density at radius 2 is 1.59 bits per heavy atom. The maximum atomic E-state index is 14.6. The molecule has 2 saturated heterocycles. The lowest BCUT2D eigenvalue weighted by Gasteiger charge is -2.37. The van der Waals surface area contributed by atoms with Crippen LogP contribution in [-0.2, 0) is 11.2 Å². The van der Waals surface area contributed by atoms with E-state index in [2.05, 4.69) is 4.90 Å². The number of nitrogens with zero attached hydrogens (tertiary/aromatic N) is 3. The monoisotopic (exact) mass is 497 g/mol. The minimum absolute atomic E-state index is 0.0713.